The monoisotopic (exact) mass is 218 g/mol. The molecule has 1 unspecified atom stereocenters. The van der Waals surface area contributed by atoms with Gasteiger partial charge in [0, 0.05) is 7.11 Å². The smallest absolute Gasteiger partial charge is 0.181 e. The van der Waals surface area contributed by atoms with E-state index in [0.717, 1.165) is 6.42 Å². The Kier molecular flexibility index (Phi) is 3.77. The Morgan fingerprint density at radius 1 is 1.50 bits per heavy atom. The van der Waals surface area contributed by atoms with Crippen LogP contribution < -0.4 is 0 Å². The molecule has 0 spiro atoms. The van der Waals surface area contributed by atoms with E-state index in [2.05, 4.69) is 9.97 Å². The quantitative estimate of drug-likeness (QED) is 0.732. The second-order valence-corrected chi connectivity index (χ2v) is 3.26. The molecular weight excluding hydrogens is 207 g/mol. The van der Waals surface area contributed by atoms with Crippen molar-refractivity contribution in [2.24, 2.45) is 0 Å². The summed E-state index contributed by atoms with van der Waals surface area (Å²) in [4.78, 5) is 7.81. The molecule has 5 heteroatoms. The maximum absolute atomic E-state index is 13.1. The highest BCUT2D eigenvalue weighted by molar-refractivity contribution is 6.29. The molecule has 0 saturated heterocycles. The van der Waals surface area contributed by atoms with Crippen LogP contribution in [0.15, 0.2) is 0 Å². The van der Waals surface area contributed by atoms with Crippen molar-refractivity contribution in [1.82, 2.24) is 9.97 Å². The van der Waals surface area contributed by atoms with E-state index in [1.54, 1.807) is 14.0 Å². The lowest BCUT2D eigenvalue weighted by molar-refractivity contribution is 0.0922. The molecular formula is C9H12ClFN2O. The summed E-state index contributed by atoms with van der Waals surface area (Å²) in [6.45, 7) is 3.49. The lowest BCUT2D eigenvalue weighted by Crippen LogP contribution is -2.08. The molecule has 0 aliphatic carbocycles. The molecule has 0 bridgehead atoms. The molecule has 0 radical (unpaired) electrons. The Morgan fingerprint density at radius 3 is 2.57 bits per heavy atom. The van der Waals surface area contributed by atoms with Gasteiger partial charge in [-0.15, -0.1) is 0 Å². The Labute approximate surface area is 87.3 Å². The van der Waals surface area contributed by atoms with Crippen LogP contribution in [0.1, 0.15) is 31.0 Å². The van der Waals surface area contributed by atoms with Crippen molar-refractivity contribution in [1.29, 1.82) is 0 Å². The van der Waals surface area contributed by atoms with Gasteiger partial charge in [0.2, 0.25) is 0 Å². The largest absolute Gasteiger partial charge is 0.373 e. The predicted octanol–water partition coefficient (Wildman–Crippen LogP) is 2.68. The van der Waals surface area contributed by atoms with E-state index in [1.807, 2.05) is 6.92 Å². The summed E-state index contributed by atoms with van der Waals surface area (Å²) in [5.41, 5.74) is 0.246. The highest BCUT2D eigenvalue weighted by Gasteiger charge is 2.15. The number of hydrogen-bond donors (Lipinski definition) is 0. The lowest BCUT2D eigenvalue weighted by atomic mass is 10.2. The van der Waals surface area contributed by atoms with Gasteiger partial charge in [0.25, 0.3) is 0 Å². The second kappa shape index (κ2) is 4.66. The molecule has 1 rings (SSSR count). The number of rotatable bonds is 3. The second-order valence-electron chi connectivity index (χ2n) is 2.90. The molecule has 78 valence electrons. The van der Waals surface area contributed by atoms with Gasteiger partial charge >= 0.3 is 0 Å². The molecule has 1 heterocycles. The summed E-state index contributed by atoms with van der Waals surface area (Å²) in [6, 6.07) is 0. The zero-order chi connectivity index (χ0) is 10.7. The van der Waals surface area contributed by atoms with E-state index in [0.29, 0.717) is 5.82 Å². The molecule has 0 N–H and O–H groups in total. The molecule has 14 heavy (non-hydrogen) atoms. The van der Waals surface area contributed by atoms with Gasteiger partial charge in [-0.05, 0) is 13.3 Å². The number of nitrogens with zero attached hydrogens (tertiary/aromatic N) is 2. The number of halogens is 2. The molecule has 0 fully saturated rings. The first-order chi connectivity index (χ1) is 6.60. The average molecular weight is 219 g/mol. The van der Waals surface area contributed by atoms with Crippen molar-refractivity contribution >= 4 is 11.6 Å². The minimum Gasteiger partial charge on any atom is -0.373 e. The number of aromatic nitrogens is 2. The third-order valence-electron chi connectivity index (χ3n) is 1.94. The number of hydrogen-bond acceptors (Lipinski definition) is 3. The number of methoxy groups -OCH3 is 1. The van der Waals surface area contributed by atoms with Gasteiger partial charge in [0.05, 0.1) is 5.69 Å². The molecule has 0 aliphatic heterocycles. The van der Waals surface area contributed by atoms with E-state index in [-0.39, 0.29) is 17.0 Å². The summed E-state index contributed by atoms with van der Waals surface area (Å²) in [5.74, 6) is -0.139. The first kappa shape index (κ1) is 11.3. The first-order valence-corrected chi connectivity index (χ1v) is 4.70. The van der Waals surface area contributed by atoms with Crippen LogP contribution in [0.5, 0.6) is 0 Å². The van der Waals surface area contributed by atoms with Crippen LogP contribution >= 0.6 is 11.6 Å². The van der Waals surface area contributed by atoms with Gasteiger partial charge in [0.1, 0.15) is 6.10 Å². The zero-order valence-corrected chi connectivity index (χ0v) is 9.10. The van der Waals surface area contributed by atoms with Gasteiger partial charge < -0.3 is 4.74 Å². The van der Waals surface area contributed by atoms with Gasteiger partial charge in [-0.1, -0.05) is 18.5 Å². The highest BCUT2D eigenvalue weighted by Crippen LogP contribution is 2.21. The fourth-order valence-electron chi connectivity index (χ4n) is 1.14. The van der Waals surface area contributed by atoms with Crippen molar-refractivity contribution in [3.63, 3.8) is 0 Å². The fourth-order valence-corrected chi connectivity index (χ4v) is 1.37. The molecule has 0 aliphatic rings. The predicted molar refractivity (Wildman–Crippen MR) is 51.8 cm³/mol. The molecule has 3 nitrogen and oxygen atoms in total. The summed E-state index contributed by atoms with van der Waals surface area (Å²) < 4.78 is 18.2. The van der Waals surface area contributed by atoms with Crippen LogP contribution in [-0.4, -0.2) is 17.1 Å². The minimum absolute atomic E-state index is 0.150. The van der Waals surface area contributed by atoms with Crippen LogP contribution in [-0.2, 0) is 4.74 Å². The molecule has 0 amide bonds. The summed E-state index contributed by atoms with van der Waals surface area (Å²) in [7, 11) is 1.56. The van der Waals surface area contributed by atoms with Gasteiger partial charge in [-0.3, -0.25) is 0 Å². The fraction of sp³-hybridized carbons (Fsp3) is 0.556. The van der Waals surface area contributed by atoms with Crippen LogP contribution in [0.2, 0.25) is 5.15 Å². The van der Waals surface area contributed by atoms with E-state index < -0.39 is 5.82 Å². The van der Waals surface area contributed by atoms with Crippen molar-refractivity contribution in [2.75, 3.05) is 7.11 Å². The van der Waals surface area contributed by atoms with Crippen LogP contribution in [0.3, 0.4) is 0 Å². The Morgan fingerprint density at radius 2 is 2.14 bits per heavy atom. The molecule has 0 saturated carbocycles. The maximum Gasteiger partial charge on any atom is 0.181 e. The van der Waals surface area contributed by atoms with Gasteiger partial charge in [-0.2, -0.15) is 0 Å². The zero-order valence-electron chi connectivity index (χ0n) is 8.34. The topological polar surface area (TPSA) is 35.0 Å². The molecule has 1 atom stereocenters. The third kappa shape index (κ3) is 2.19. The summed E-state index contributed by atoms with van der Waals surface area (Å²) in [6.07, 6.45) is 0.490. The van der Waals surface area contributed by atoms with E-state index in [4.69, 9.17) is 16.3 Å². The maximum atomic E-state index is 13.1. The lowest BCUT2D eigenvalue weighted by Gasteiger charge is -2.12. The normalized spacial score (nSPS) is 12.9. The van der Waals surface area contributed by atoms with Crippen molar-refractivity contribution in [3.05, 3.63) is 22.5 Å². The molecule has 1 aromatic heterocycles. The molecule has 0 aromatic carbocycles. The number of ether oxygens (including phenoxy) is 1. The van der Waals surface area contributed by atoms with Crippen LogP contribution in [0.25, 0.3) is 0 Å². The number of aryl methyl sites for hydroxylation is 1. The minimum atomic E-state index is -0.568. The van der Waals surface area contributed by atoms with Gasteiger partial charge in [-0.25, -0.2) is 14.4 Å². The van der Waals surface area contributed by atoms with E-state index >= 15 is 0 Å². The molecule has 1 aromatic rings. The average Bonchev–Trinajstić information content (AvgIpc) is 2.16. The first-order valence-electron chi connectivity index (χ1n) is 4.32. The Hall–Kier alpha value is -0.740. The van der Waals surface area contributed by atoms with Crippen LogP contribution in [0, 0.1) is 12.7 Å². The Bertz CT molecular complexity index is 306. The third-order valence-corrected chi connectivity index (χ3v) is 2.19. The van der Waals surface area contributed by atoms with E-state index in [1.165, 1.54) is 0 Å². The highest BCUT2D eigenvalue weighted by atomic mass is 35.5. The van der Waals surface area contributed by atoms with Crippen molar-refractivity contribution in [2.45, 2.75) is 26.4 Å². The Balaban J connectivity index is 3.11. The van der Waals surface area contributed by atoms with Crippen molar-refractivity contribution < 1.29 is 9.13 Å². The van der Waals surface area contributed by atoms with Gasteiger partial charge in [0.15, 0.2) is 16.8 Å². The summed E-state index contributed by atoms with van der Waals surface area (Å²) >= 11 is 5.60. The summed E-state index contributed by atoms with van der Waals surface area (Å²) in [5, 5.41) is -0.150. The standard InChI is InChI=1S/C9H12ClFN2O/c1-4-6(14-3)9-12-5(2)7(11)8(10)13-9/h6H,4H2,1-3H3. The van der Waals surface area contributed by atoms with Crippen molar-refractivity contribution in [3.8, 4) is 0 Å². The van der Waals surface area contributed by atoms with E-state index in [9.17, 15) is 4.39 Å². The SMILES string of the molecule is CCC(OC)c1nc(C)c(F)c(Cl)n1. The van der Waals surface area contributed by atoms with Crippen LogP contribution in [0.4, 0.5) is 4.39 Å².